The van der Waals surface area contributed by atoms with Crippen molar-refractivity contribution in [2.24, 2.45) is 0 Å². The molecule has 3 rings (SSSR count). The first-order valence-corrected chi connectivity index (χ1v) is 11.2. The van der Waals surface area contributed by atoms with E-state index in [0.717, 1.165) is 37.1 Å². The number of carbonyl (C=O) groups is 2. The topological polar surface area (TPSA) is 70.1 Å². The number of rotatable bonds is 11. The van der Waals surface area contributed by atoms with Gasteiger partial charge in [-0.05, 0) is 46.7 Å². The molecule has 0 saturated carbocycles. The molecule has 1 amide bonds. The first-order valence-electron chi connectivity index (χ1n) is 11.2. The number of aliphatic hydroxyl groups excluding tert-OH is 1. The Labute approximate surface area is 195 Å². The van der Waals surface area contributed by atoms with Crippen LogP contribution >= 0.6 is 0 Å². The molecular weight excluding hydrogens is 416 g/mol. The summed E-state index contributed by atoms with van der Waals surface area (Å²) in [6, 6.07) is 16.5. The molecule has 174 valence electrons. The van der Waals surface area contributed by atoms with Gasteiger partial charge in [-0.3, -0.25) is 9.69 Å². The second-order valence-corrected chi connectivity index (χ2v) is 8.32. The van der Waals surface area contributed by atoms with Gasteiger partial charge in [0.1, 0.15) is 13.2 Å². The van der Waals surface area contributed by atoms with Gasteiger partial charge in [0.15, 0.2) is 5.78 Å². The molecule has 0 saturated heterocycles. The lowest BCUT2D eigenvalue weighted by molar-refractivity contribution is -0.117. The molecule has 0 atom stereocenters. The monoisotopic (exact) mass is 448 g/mol. The molecule has 0 unspecified atom stereocenters. The number of aliphatic hydroxyl groups is 1. The second-order valence-electron chi connectivity index (χ2n) is 8.32. The molecule has 0 heterocycles. The predicted octanol–water partition coefficient (Wildman–Crippen LogP) is 3.79. The van der Waals surface area contributed by atoms with Crippen molar-refractivity contribution in [2.75, 3.05) is 40.4 Å². The molecule has 33 heavy (non-hydrogen) atoms. The molecule has 0 aromatic heterocycles. The maximum atomic E-state index is 11.8. The average Bonchev–Trinajstić information content (AvgIpc) is 3.24. The molecule has 1 N–H and O–H groups in total. The number of ketones is 1. The van der Waals surface area contributed by atoms with Gasteiger partial charge in [-0.2, -0.15) is 0 Å². The summed E-state index contributed by atoms with van der Waals surface area (Å²) in [5.41, 5.74) is 6.13. The number of nitrogens with zero attached hydrogens (tertiary/aromatic N) is 2. The van der Waals surface area contributed by atoms with E-state index in [9.17, 15) is 9.59 Å². The van der Waals surface area contributed by atoms with Crippen LogP contribution in [0, 0.1) is 0 Å². The quantitative estimate of drug-likeness (QED) is 0.530. The van der Waals surface area contributed by atoms with Gasteiger partial charge >= 0.3 is 6.09 Å². The van der Waals surface area contributed by atoms with Crippen LogP contribution in [0.1, 0.15) is 28.7 Å². The molecule has 0 aliphatic heterocycles. The van der Waals surface area contributed by atoms with Crippen LogP contribution in [-0.4, -0.2) is 67.2 Å². The molecule has 1 aliphatic rings. The molecular formula is C27H32N2O4. The third-order valence-corrected chi connectivity index (χ3v) is 5.63. The minimum Gasteiger partial charge on any atom is -0.448 e. The Morgan fingerprint density at radius 1 is 1.06 bits per heavy atom. The Hall–Kier alpha value is -3.22. The van der Waals surface area contributed by atoms with Gasteiger partial charge in [0.2, 0.25) is 0 Å². The first-order chi connectivity index (χ1) is 16.0. The zero-order valence-electron chi connectivity index (χ0n) is 19.4. The lowest BCUT2D eigenvalue weighted by Crippen LogP contribution is -2.31. The van der Waals surface area contributed by atoms with Crippen LogP contribution in [0.2, 0.25) is 0 Å². The third-order valence-electron chi connectivity index (χ3n) is 5.63. The summed E-state index contributed by atoms with van der Waals surface area (Å²) >= 11 is 0. The molecule has 0 fully saturated rings. The van der Waals surface area contributed by atoms with Crippen molar-refractivity contribution in [2.45, 2.75) is 19.4 Å². The normalized spacial score (nSPS) is 12.7. The summed E-state index contributed by atoms with van der Waals surface area (Å²) in [5, 5.41) is 8.83. The fraction of sp³-hybridized carbons (Fsp3) is 0.333. The van der Waals surface area contributed by atoms with Crippen molar-refractivity contribution < 1.29 is 19.4 Å². The van der Waals surface area contributed by atoms with Crippen molar-refractivity contribution in [3.8, 4) is 0 Å². The fourth-order valence-electron chi connectivity index (χ4n) is 3.77. The van der Waals surface area contributed by atoms with Crippen LogP contribution in [0.15, 0.2) is 60.7 Å². The van der Waals surface area contributed by atoms with E-state index < -0.39 is 6.61 Å². The number of benzene rings is 2. The SMILES string of the molecule is CN(C)C(=O)OCCN(CCC1=CCc2ccccc21)Cc1ccc(/C=C/C(=O)CO)cc1. The van der Waals surface area contributed by atoms with Crippen molar-refractivity contribution in [3.63, 3.8) is 0 Å². The van der Waals surface area contributed by atoms with E-state index in [1.807, 2.05) is 24.3 Å². The molecule has 0 spiro atoms. The van der Waals surface area contributed by atoms with Crippen molar-refractivity contribution in [1.29, 1.82) is 0 Å². The third kappa shape index (κ3) is 7.41. The van der Waals surface area contributed by atoms with E-state index in [1.165, 1.54) is 27.7 Å². The van der Waals surface area contributed by atoms with Crippen molar-refractivity contribution in [3.05, 3.63) is 82.9 Å². The number of allylic oxidation sites excluding steroid dienone is 1. The lowest BCUT2D eigenvalue weighted by atomic mass is 10.0. The Kier molecular flexibility index (Phi) is 8.98. The standard InChI is InChI=1S/C27H32N2O4/c1-28(2)27(32)33-18-17-29(16-15-24-13-12-23-5-3-4-6-26(23)24)19-22-9-7-21(8-10-22)11-14-25(31)20-30/h3-11,13-14,30H,12,15-20H2,1-2H3/b14-11+. The van der Waals surface area contributed by atoms with Gasteiger partial charge in [0.05, 0.1) is 0 Å². The maximum Gasteiger partial charge on any atom is 0.409 e. The predicted molar refractivity (Wildman–Crippen MR) is 131 cm³/mol. The van der Waals surface area contributed by atoms with Gasteiger partial charge in [0, 0.05) is 33.7 Å². The van der Waals surface area contributed by atoms with E-state index >= 15 is 0 Å². The Balaban J connectivity index is 1.62. The summed E-state index contributed by atoms with van der Waals surface area (Å²) in [6.45, 7) is 2.07. The summed E-state index contributed by atoms with van der Waals surface area (Å²) in [5.74, 6) is -0.319. The van der Waals surface area contributed by atoms with E-state index in [2.05, 4.69) is 35.2 Å². The van der Waals surface area contributed by atoms with Gasteiger partial charge in [0.25, 0.3) is 0 Å². The fourth-order valence-corrected chi connectivity index (χ4v) is 3.77. The zero-order valence-corrected chi connectivity index (χ0v) is 19.4. The summed E-state index contributed by atoms with van der Waals surface area (Å²) < 4.78 is 5.35. The minimum absolute atomic E-state index is 0.319. The molecule has 1 aliphatic carbocycles. The van der Waals surface area contributed by atoms with E-state index in [-0.39, 0.29) is 11.9 Å². The lowest BCUT2D eigenvalue weighted by Gasteiger charge is -2.23. The summed E-state index contributed by atoms with van der Waals surface area (Å²) in [6.07, 6.45) is 6.97. The van der Waals surface area contributed by atoms with Crippen LogP contribution in [-0.2, 0) is 22.5 Å². The number of hydrogen-bond donors (Lipinski definition) is 1. The highest BCUT2D eigenvalue weighted by Gasteiger charge is 2.15. The smallest absolute Gasteiger partial charge is 0.409 e. The first kappa shape index (κ1) is 24.4. The van der Waals surface area contributed by atoms with Crippen molar-refractivity contribution in [1.82, 2.24) is 9.80 Å². The minimum atomic E-state index is -0.483. The van der Waals surface area contributed by atoms with E-state index in [0.29, 0.717) is 13.2 Å². The Bertz CT molecular complexity index is 1010. The number of ether oxygens (including phenoxy) is 1. The van der Waals surface area contributed by atoms with Crippen LogP contribution in [0.4, 0.5) is 4.79 Å². The van der Waals surface area contributed by atoms with Crippen LogP contribution in [0.25, 0.3) is 11.6 Å². The average molecular weight is 449 g/mol. The molecule has 2 aromatic rings. The highest BCUT2D eigenvalue weighted by atomic mass is 16.6. The highest BCUT2D eigenvalue weighted by molar-refractivity contribution is 5.94. The number of fused-ring (bicyclic) bond motifs is 1. The zero-order chi connectivity index (χ0) is 23.6. The largest absolute Gasteiger partial charge is 0.448 e. The number of amides is 1. The van der Waals surface area contributed by atoms with Gasteiger partial charge < -0.3 is 14.7 Å². The van der Waals surface area contributed by atoms with E-state index in [4.69, 9.17) is 9.84 Å². The number of hydrogen-bond acceptors (Lipinski definition) is 5. The van der Waals surface area contributed by atoms with Crippen LogP contribution < -0.4 is 0 Å². The van der Waals surface area contributed by atoms with Crippen LogP contribution in [0.3, 0.4) is 0 Å². The molecule has 6 heteroatoms. The summed E-state index contributed by atoms with van der Waals surface area (Å²) in [7, 11) is 3.35. The molecule has 2 aromatic carbocycles. The highest BCUT2D eigenvalue weighted by Crippen LogP contribution is 2.29. The van der Waals surface area contributed by atoms with Gasteiger partial charge in [-0.15, -0.1) is 0 Å². The Morgan fingerprint density at radius 3 is 2.55 bits per heavy atom. The van der Waals surface area contributed by atoms with Crippen molar-refractivity contribution >= 4 is 23.5 Å². The molecule has 0 bridgehead atoms. The summed E-state index contributed by atoms with van der Waals surface area (Å²) in [4.78, 5) is 26.8. The van der Waals surface area contributed by atoms with Crippen LogP contribution in [0.5, 0.6) is 0 Å². The Morgan fingerprint density at radius 2 is 1.82 bits per heavy atom. The molecule has 0 radical (unpaired) electrons. The van der Waals surface area contributed by atoms with Gasteiger partial charge in [-0.25, -0.2) is 4.79 Å². The molecule has 6 nitrogen and oxygen atoms in total. The van der Waals surface area contributed by atoms with E-state index in [1.54, 1.807) is 20.2 Å². The number of carbonyl (C=O) groups excluding carboxylic acids is 2. The van der Waals surface area contributed by atoms with Gasteiger partial charge in [-0.1, -0.05) is 60.7 Å². The second kappa shape index (κ2) is 12.1. The maximum absolute atomic E-state index is 11.8.